The predicted octanol–water partition coefficient (Wildman–Crippen LogP) is 1.00. The van der Waals surface area contributed by atoms with Crippen LogP contribution in [-0.4, -0.2) is 55.4 Å². The SMILES string of the molecule is COC(=O)c1ccc(CN(C)C2COCC2C(=O)O)cc1. The quantitative estimate of drug-likeness (QED) is 0.816. The van der Waals surface area contributed by atoms with Gasteiger partial charge in [0, 0.05) is 12.6 Å². The maximum absolute atomic E-state index is 11.4. The summed E-state index contributed by atoms with van der Waals surface area (Å²) in [5, 5.41) is 9.17. The molecule has 2 rings (SSSR count). The number of esters is 1. The van der Waals surface area contributed by atoms with Gasteiger partial charge in [-0.1, -0.05) is 12.1 Å². The van der Waals surface area contributed by atoms with Gasteiger partial charge in [0.2, 0.25) is 0 Å². The first-order chi connectivity index (χ1) is 10.0. The minimum Gasteiger partial charge on any atom is -0.481 e. The van der Waals surface area contributed by atoms with Crippen LogP contribution in [0, 0.1) is 5.92 Å². The van der Waals surface area contributed by atoms with E-state index in [4.69, 9.17) is 9.84 Å². The van der Waals surface area contributed by atoms with Crippen LogP contribution >= 0.6 is 0 Å². The Balaban J connectivity index is 2.00. The van der Waals surface area contributed by atoms with Gasteiger partial charge in [0.25, 0.3) is 0 Å². The molecule has 1 N–H and O–H groups in total. The molecule has 0 spiro atoms. The molecule has 0 saturated carbocycles. The van der Waals surface area contributed by atoms with Gasteiger partial charge in [0.05, 0.1) is 31.8 Å². The van der Waals surface area contributed by atoms with Gasteiger partial charge in [-0.25, -0.2) is 4.79 Å². The fraction of sp³-hybridized carbons (Fsp3) is 0.467. The predicted molar refractivity (Wildman–Crippen MR) is 75.0 cm³/mol. The van der Waals surface area contributed by atoms with Crippen LogP contribution in [0.1, 0.15) is 15.9 Å². The normalized spacial score (nSPS) is 21.5. The molecule has 1 aliphatic heterocycles. The lowest BCUT2D eigenvalue weighted by atomic mass is 10.0. The zero-order chi connectivity index (χ0) is 15.4. The van der Waals surface area contributed by atoms with Crippen LogP contribution < -0.4 is 0 Å². The lowest BCUT2D eigenvalue weighted by Gasteiger charge is -2.26. The van der Waals surface area contributed by atoms with Crippen molar-refractivity contribution in [2.45, 2.75) is 12.6 Å². The fourth-order valence-corrected chi connectivity index (χ4v) is 2.48. The van der Waals surface area contributed by atoms with E-state index in [0.29, 0.717) is 18.7 Å². The molecule has 1 aromatic rings. The van der Waals surface area contributed by atoms with Crippen LogP contribution in [-0.2, 0) is 20.8 Å². The Hall–Kier alpha value is -1.92. The average Bonchev–Trinajstić information content (AvgIpc) is 2.97. The standard InChI is InChI=1S/C15H19NO5/c1-16(13-9-21-8-12(13)14(17)18)7-10-3-5-11(6-4-10)15(19)20-2/h3-6,12-13H,7-9H2,1-2H3,(H,17,18). The Labute approximate surface area is 123 Å². The summed E-state index contributed by atoms with van der Waals surface area (Å²) in [7, 11) is 3.22. The van der Waals surface area contributed by atoms with Crippen LogP contribution in [0.25, 0.3) is 0 Å². The number of carboxylic acid groups (broad SMARTS) is 1. The molecule has 0 amide bonds. The van der Waals surface area contributed by atoms with E-state index < -0.39 is 11.9 Å². The van der Waals surface area contributed by atoms with Crippen LogP contribution in [0.2, 0.25) is 0 Å². The molecule has 1 heterocycles. The lowest BCUT2D eigenvalue weighted by molar-refractivity contribution is -0.143. The summed E-state index contributed by atoms with van der Waals surface area (Å²) in [6.07, 6.45) is 0. The summed E-state index contributed by atoms with van der Waals surface area (Å²) in [5.74, 6) is -1.69. The molecule has 0 aliphatic carbocycles. The van der Waals surface area contributed by atoms with Crippen molar-refractivity contribution < 1.29 is 24.2 Å². The minimum absolute atomic E-state index is 0.136. The van der Waals surface area contributed by atoms with Crippen molar-refractivity contribution in [1.29, 1.82) is 0 Å². The van der Waals surface area contributed by atoms with Gasteiger partial charge < -0.3 is 14.6 Å². The van der Waals surface area contributed by atoms with Crippen molar-refractivity contribution in [3.05, 3.63) is 35.4 Å². The van der Waals surface area contributed by atoms with E-state index >= 15 is 0 Å². The number of likely N-dealkylation sites (N-methyl/N-ethyl adjacent to an activating group) is 1. The van der Waals surface area contributed by atoms with Crippen molar-refractivity contribution in [3.63, 3.8) is 0 Å². The second-order valence-corrected chi connectivity index (χ2v) is 5.15. The average molecular weight is 293 g/mol. The van der Waals surface area contributed by atoms with Crippen molar-refractivity contribution in [2.75, 3.05) is 27.4 Å². The molecule has 1 saturated heterocycles. The second kappa shape index (κ2) is 6.69. The van der Waals surface area contributed by atoms with Gasteiger partial charge in [-0.2, -0.15) is 0 Å². The Kier molecular flexibility index (Phi) is 4.93. The van der Waals surface area contributed by atoms with Crippen molar-refractivity contribution >= 4 is 11.9 Å². The first kappa shape index (κ1) is 15.5. The zero-order valence-corrected chi connectivity index (χ0v) is 12.1. The highest BCUT2D eigenvalue weighted by molar-refractivity contribution is 5.89. The summed E-state index contributed by atoms with van der Waals surface area (Å²) in [5.41, 5.74) is 1.50. The number of carbonyl (C=O) groups excluding carboxylic acids is 1. The molecule has 1 aromatic carbocycles. The number of carboxylic acids is 1. The number of rotatable bonds is 5. The molecule has 1 fully saturated rings. The number of benzene rings is 1. The number of aliphatic carboxylic acids is 1. The largest absolute Gasteiger partial charge is 0.481 e. The first-order valence-electron chi connectivity index (χ1n) is 6.71. The molecular formula is C15H19NO5. The number of ether oxygens (including phenoxy) is 2. The smallest absolute Gasteiger partial charge is 0.337 e. The third-order valence-corrected chi connectivity index (χ3v) is 3.74. The Morgan fingerprint density at radius 3 is 2.57 bits per heavy atom. The van der Waals surface area contributed by atoms with Crippen molar-refractivity contribution in [2.24, 2.45) is 5.92 Å². The summed E-state index contributed by atoms with van der Waals surface area (Å²) in [4.78, 5) is 24.5. The topological polar surface area (TPSA) is 76.1 Å². The van der Waals surface area contributed by atoms with E-state index in [0.717, 1.165) is 5.56 Å². The van der Waals surface area contributed by atoms with Crippen LogP contribution in [0.3, 0.4) is 0 Å². The highest BCUT2D eigenvalue weighted by atomic mass is 16.5. The van der Waals surface area contributed by atoms with Gasteiger partial charge >= 0.3 is 11.9 Å². The number of nitrogens with zero attached hydrogens (tertiary/aromatic N) is 1. The molecular weight excluding hydrogens is 274 g/mol. The van der Waals surface area contributed by atoms with E-state index in [1.807, 2.05) is 24.1 Å². The first-order valence-corrected chi connectivity index (χ1v) is 6.71. The van der Waals surface area contributed by atoms with Gasteiger partial charge in [-0.3, -0.25) is 9.69 Å². The number of hydrogen-bond acceptors (Lipinski definition) is 5. The molecule has 2 unspecified atom stereocenters. The molecule has 0 radical (unpaired) electrons. The van der Waals surface area contributed by atoms with Gasteiger partial charge in [-0.05, 0) is 24.7 Å². The molecule has 6 heteroatoms. The van der Waals surface area contributed by atoms with Crippen molar-refractivity contribution in [3.8, 4) is 0 Å². The Morgan fingerprint density at radius 1 is 1.33 bits per heavy atom. The molecule has 2 atom stereocenters. The summed E-state index contributed by atoms with van der Waals surface area (Å²) < 4.78 is 9.92. The Morgan fingerprint density at radius 2 is 2.00 bits per heavy atom. The monoisotopic (exact) mass is 293 g/mol. The van der Waals surface area contributed by atoms with Crippen LogP contribution in [0.5, 0.6) is 0 Å². The highest BCUT2D eigenvalue weighted by Crippen LogP contribution is 2.20. The lowest BCUT2D eigenvalue weighted by Crippen LogP contribution is -2.40. The van der Waals surface area contributed by atoms with E-state index in [9.17, 15) is 9.59 Å². The molecule has 21 heavy (non-hydrogen) atoms. The molecule has 0 aromatic heterocycles. The Bertz CT molecular complexity index is 513. The van der Waals surface area contributed by atoms with Crippen LogP contribution in [0.15, 0.2) is 24.3 Å². The molecule has 1 aliphatic rings. The maximum Gasteiger partial charge on any atom is 0.337 e. The molecule has 114 valence electrons. The molecule has 6 nitrogen and oxygen atoms in total. The van der Waals surface area contributed by atoms with Crippen molar-refractivity contribution in [1.82, 2.24) is 4.90 Å². The zero-order valence-electron chi connectivity index (χ0n) is 12.1. The summed E-state index contributed by atoms with van der Waals surface area (Å²) in [6.45, 7) is 1.28. The number of carbonyl (C=O) groups is 2. The number of hydrogen-bond donors (Lipinski definition) is 1. The summed E-state index contributed by atoms with van der Waals surface area (Å²) in [6, 6.07) is 6.95. The second-order valence-electron chi connectivity index (χ2n) is 5.15. The maximum atomic E-state index is 11.4. The third kappa shape index (κ3) is 3.59. The van der Waals surface area contributed by atoms with Gasteiger partial charge in [0.1, 0.15) is 0 Å². The molecule has 0 bridgehead atoms. The van der Waals surface area contributed by atoms with E-state index in [1.54, 1.807) is 12.1 Å². The minimum atomic E-state index is -0.828. The van der Waals surface area contributed by atoms with E-state index in [1.165, 1.54) is 7.11 Å². The fourth-order valence-electron chi connectivity index (χ4n) is 2.48. The van der Waals surface area contributed by atoms with E-state index in [2.05, 4.69) is 4.74 Å². The summed E-state index contributed by atoms with van der Waals surface area (Å²) >= 11 is 0. The van der Waals surface area contributed by atoms with Crippen LogP contribution in [0.4, 0.5) is 0 Å². The van der Waals surface area contributed by atoms with Gasteiger partial charge in [-0.15, -0.1) is 0 Å². The number of methoxy groups -OCH3 is 1. The van der Waals surface area contributed by atoms with E-state index in [-0.39, 0.29) is 18.6 Å². The third-order valence-electron chi connectivity index (χ3n) is 3.74. The highest BCUT2D eigenvalue weighted by Gasteiger charge is 2.36. The van der Waals surface area contributed by atoms with Gasteiger partial charge in [0.15, 0.2) is 0 Å².